The molecular formula is C14H14O3. The summed E-state index contributed by atoms with van der Waals surface area (Å²) in [6, 6.07) is 9.98. The second-order valence-electron chi connectivity index (χ2n) is 3.90. The lowest BCUT2D eigenvalue weighted by atomic mass is 10.0. The number of benzene rings is 2. The van der Waals surface area contributed by atoms with Gasteiger partial charge in [0, 0.05) is 0 Å². The minimum absolute atomic E-state index is 0.150. The van der Waals surface area contributed by atoms with E-state index in [1.807, 2.05) is 19.1 Å². The Labute approximate surface area is 99.6 Å². The zero-order valence-electron chi connectivity index (χ0n) is 9.51. The van der Waals surface area contributed by atoms with E-state index in [-0.39, 0.29) is 17.2 Å². The van der Waals surface area contributed by atoms with Crippen molar-refractivity contribution in [3.05, 3.63) is 42.0 Å². The molecule has 3 nitrogen and oxygen atoms in total. The van der Waals surface area contributed by atoms with Crippen LogP contribution in [0.2, 0.25) is 0 Å². The molecule has 3 heteroatoms. The molecule has 0 aliphatic heterocycles. The summed E-state index contributed by atoms with van der Waals surface area (Å²) >= 11 is 0. The topological polar surface area (TPSA) is 60.7 Å². The molecule has 3 N–H and O–H groups in total. The van der Waals surface area contributed by atoms with Gasteiger partial charge in [0.05, 0.1) is 0 Å². The first-order valence-corrected chi connectivity index (χ1v) is 5.46. The Morgan fingerprint density at radius 3 is 1.88 bits per heavy atom. The van der Waals surface area contributed by atoms with Crippen LogP contribution in [0.1, 0.15) is 12.5 Å². The smallest absolute Gasteiger partial charge is 0.158 e. The highest BCUT2D eigenvalue weighted by molar-refractivity contribution is 5.68. The van der Waals surface area contributed by atoms with Gasteiger partial charge in [-0.2, -0.15) is 0 Å². The number of rotatable bonds is 2. The number of aromatic hydroxyl groups is 3. The molecule has 0 unspecified atom stereocenters. The van der Waals surface area contributed by atoms with E-state index in [4.69, 9.17) is 0 Å². The average molecular weight is 230 g/mol. The lowest BCUT2D eigenvalue weighted by molar-refractivity contribution is 0.404. The molecule has 2 aromatic carbocycles. The molecule has 0 aromatic heterocycles. The third kappa shape index (κ3) is 2.18. The van der Waals surface area contributed by atoms with E-state index < -0.39 is 0 Å². The van der Waals surface area contributed by atoms with Gasteiger partial charge in [-0.1, -0.05) is 25.1 Å². The fourth-order valence-corrected chi connectivity index (χ4v) is 1.75. The summed E-state index contributed by atoms with van der Waals surface area (Å²) in [6.45, 7) is 1.97. The zero-order chi connectivity index (χ0) is 12.4. The van der Waals surface area contributed by atoms with Gasteiger partial charge in [-0.05, 0) is 41.3 Å². The molecule has 0 aliphatic rings. The maximum Gasteiger partial charge on any atom is 0.158 e. The van der Waals surface area contributed by atoms with Crippen LogP contribution in [-0.2, 0) is 6.42 Å². The maximum absolute atomic E-state index is 9.76. The van der Waals surface area contributed by atoms with Gasteiger partial charge < -0.3 is 15.3 Å². The molecular weight excluding hydrogens is 216 g/mol. The molecule has 2 aromatic rings. The number of hydrogen-bond acceptors (Lipinski definition) is 3. The standard InChI is InChI=1S/C14H14O3/c1-2-9-3-4-10(7-13(9)16)11-5-6-12(15)14(17)8-11/h3-8,15-17H,2H2,1H3. The van der Waals surface area contributed by atoms with Crippen molar-refractivity contribution in [3.63, 3.8) is 0 Å². The van der Waals surface area contributed by atoms with Crippen molar-refractivity contribution in [2.75, 3.05) is 0 Å². The van der Waals surface area contributed by atoms with Gasteiger partial charge in [0.2, 0.25) is 0 Å². The van der Waals surface area contributed by atoms with Gasteiger partial charge in [0.15, 0.2) is 11.5 Å². The third-order valence-electron chi connectivity index (χ3n) is 2.77. The van der Waals surface area contributed by atoms with Gasteiger partial charge in [0.25, 0.3) is 0 Å². The number of hydrogen-bond donors (Lipinski definition) is 3. The first-order chi connectivity index (χ1) is 8.11. The molecule has 0 bridgehead atoms. The summed E-state index contributed by atoms with van der Waals surface area (Å²) in [5.74, 6) is -0.0673. The van der Waals surface area contributed by atoms with Crippen LogP contribution in [0.4, 0.5) is 0 Å². The second-order valence-corrected chi connectivity index (χ2v) is 3.90. The van der Waals surface area contributed by atoms with Crippen molar-refractivity contribution in [3.8, 4) is 28.4 Å². The van der Waals surface area contributed by atoms with E-state index in [1.54, 1.807) is 12.1 Å². The second kappa shape index (κ2) is 4.37. The minimum Gasteiger partial charge on any atom is -0.508 e. The van der Waals surface area contributed by atoms with Crippen LogP contribution >= 0.6 is 0 Å². The molecule has 17 heavy (non-hydrogen) atoms. The van der Waals surface area contributed by atoms with Gasteiger partial charge in [0.1, 0.15) is 5.75 Å². The highest BCUT2D eigenvalue weighted by atomic mass is 16.3. The predicted octanol–water partition coefficient (Wildman–Crippen LogP) is 3.03. The van der Waals surface area contributed by atoms with Crippen LogP contribution in [0, 0.1) is 0 Å². The highest BCUT2D eigenvalue weighted by Gasteiger charge is 2.05. The normalized spacial score (nSPS) is 10.4. The summed E-state index contributed by atoms with van der Waals surface area (Å²) in [6.07, 6.45) is 0.771. The molecule has 0 saturated carbocycles. The van der Waals surface area contributed by atoms with Crippen LogP contribution < -0.4 is 0 Å². The first-order valence-electron chi connectivity index (χ1n) is 5.46. The molecule has 0 fully saturated rings. The summed E-state index contributed by atoms with van der Waals surface area (Å²) in [4.78, 5) is 0. The van der Waals surface area contributed by atoms with Crippen molar-refractivity contribution >= 4 is 0 Å². The fraction of sp³-hybridized carbons (Fsp3) is 0.143. The van der Waals surface area contributed by atoms with Crippen molar-refractivity contribution in [2.45, 2.75) is 13.3 Å². The lowest BCUT2D eigenvalue weighted by Crippen LogP contribution is -1.83. The predicted molar refractivity (Wildman–Crippen MR) is 66.3 cm³/mol. The minimum atomic E-state index is -0.165. The lowest BCUT2D eigenvalue weighted by Gasteiger charge is -2.07. The van der Waals surface area contributed by atoms with Crippen LogP contribution in [0.15, 0.2) is 36.4 Å². The van der Waals surface area contributed by atoms with Crippen LogP contribution in [-0.4, -0.2) is 15.3 Å². The van der Waals surface area contributed by atoms with E-state index in [1.165, 1.54) is 12.1 Å². The average Bonchev–Trinajstić information content (AvgIpc) is 2.32. The van der Waals surface area contributed by atoms with Crippen molar-refractivity contribution in [1.29, 1.82) is 0 Å². The Bertz CT molecular complexity index is 547. The van der Waals surface area contributed by atoms with E-state index in [9.17, 15) is 15.3 Å². The highest BCUT2D eigenvalue weighted by Crippen LogP contribution is 2.32. The zero-order valence-corrected chi connectivity index (χ0v) is 9.51. The maximum atomic E-state index is 9.76. The Balaban J connectivity index is 2.46. The van der Waals surface area contributed by atoms with Crippen LogP contribution in [0.25, 0.3) is 11.1 Å². The summed E-state index contributed by atoms with van der Waals surface area (Å²) < 4.78 is 0. The van der Waals surface area contributed by atoms with Crippen molar-refractivity contribution in [1.82, 2.24) is 0 Å². The summed E-state index contributed by atoms with van der Waals surface area (Å²) in [5.41, 5.74) is 2.44. The van der Waals surface area contributed by atoms with Gasteiger partial charge in [-0.3, -0.25) is 0 Å². The van der Waals surface area contributed by atoms with Crippen LogP contribution in [0.3, 0.4) is 0 Å². The molecule has 88 valence electrons. The van der Waals surface area contributed by atoms with Crippen molar-refractivity contribution in [2.24, 2.45) is 0 Å². The van der Waals surface area contributed by atoms with E-state index >= 15 is 0 Å². The van der Waals surface area contributed by atoms with E-state index in [2.05, 4.69) is 0 Å². The molecule has 2 rings (SSSR count). The molecule has 0 saturated heterocycles. The monoisotopic (exact) mass is 230 g/mol. The van der Waals surface area contributed by atoms with E-state index in [0.717, 1.165) is 23.1 Å². The van der Waals surface area contributed by atoms with Gasteiger partial charge >= 0.3 is 0 Å². The Morgan fingerprint density at radius 2 is 1.35 bits per heavy atom. The summed E-state index contributed by atoms with van der Waals surface area (Å²) in [7, 11) is 0. The van der Waals surface area contributed by atoms with Gasteiger partial charge in [-0.25, -0.2) is 0 Å². The first kappa shape index (κ1) is 11.3. The molecule has 0 heterocycles. The SMILES string of the molecule is CCc1ccc(-c2ccc(O)c(O)c2)cc1O. The molecule has 0 amide bonds. The summed E-state index contributed by atoms with van der Waals surface area (Å²) in [5, 5.41) is 28.4. The Morgan fingerprint density at radius 1 is 0.765 bits per heavy atom. The quantitative estimate of drug-likeness (QED) is 0.695. The van der Waals surface area contributed by atoms with Crippen molar-refractivity contribution < 1.29 is 15.3 Å². The molecule has 0 aliphatic carbocycles. The molecule has 0 radical (unpaired) electrons. The van der Waals surface area contributed by atoms with Crippen LogP contribution in [0.5, 0.6) is 17.2 Å². The Kier molecular flexibility index (Phi) is 2.91. The number of aryl methyl sites for hydroxylation is 1. The van der Waals surface area contributed by atoms with E-state index in [0.29, 0.717) is 0 Å². The number of phenols is 3. The molecule has 0 atom stereocenters. The van der Waals surface area contributed by atoms with Gasteiger partial charge in [-0.15, -0.1) is 0 Å². The fourth-order valence-electron chi connectivity index (χ4n) is 1.75. The molecule has 0 spiro atoms. The largest absolute Gasteiger partial charge is 0.508 e. The Hall–Kier alpha value is -2.16. The third-order valence-corrected chi connectivity index (χ3v) is 2.77. The number of phenolic OH excluding ortho intramolecular Hbond substituents is 3.